The predicted octanol–water partition coefficient (Wildman–Crippen LogP) is 3.06. The molecule has 0 spiro atoms. The molecule has 152 valence electrons. The van der Waals surface area contributed by atoms with E-state index in [1.807, 2.05) is 35.4 Å². The number of carbonyl (C=O) groups is 1. The molecule has 0 aliphatic carbocycles. The van der Waals surface area contributed by atoms with Crippen LogP contribution in [0.1, 0.15) is 41.4 Å². The topological polar surface area (TPSA) is 85.2 Å². The summed E-state index contributed by atoms with van der Waals surface area (Å²) >= 11 is 1.57. The van der Waals surface area contributed by atoms with Crippen molar-refractivity contribution in [1.82, 2.24) is 19.7 Å². The van der Waals surface area contributed by atoms with E-state index in [1.165, 1.54) is 0 Å². The van der Waals surface area contributed by atoms with Gasteiger partial charge in [-0.25, -0.2) is 18.1 Å². The summed E-state index contributed by atoms with van der Waals surface area (Å²) in [6, 6.07) is 5.58. The Morgan fingerprint density at radius 2 is 2.07 bits per heavy atom. The highest BCUT2D eigenvalue weighted by Crippen LogP contribution is 2.34. The molecular formula is C20H22N4O3S2. The summed E-state index contributed by atoms with van der Waals surface area (Å²) in [7, 11) is -3.06. The monoisotopic (exact) mass is 430 g/mol. The molecule has 0 bridgehead atoms. The first-order valence-electron chi connectivity index (χ1n) is 9.86. The summed E-state index contributed by atoms with van der Waals surface area (Å²) in [6.45, 7) is 3.41. The van der Waals surface area contributed by atoms with E-state index < -0.39 is 9.84 Å². The van der Waals surface area contributed by atoms with Crippen molar-refractivity contribution >= 4 is 38.1 Å². The lowest BCUT2D eigenvalue weighted by Gasteiger charge is -2.17. The Balaban J connectivity index is 1.71. The number of thiophene rings is 1. The van der Waals surface area contributed by atoms with Gasteiger partial charge in [0.05, 0.1) is 44.8 Å². The second-order valence-corrected chi connectivity index (χ2v) is 11.0. The fraction of sp³-hybridized carbons (Fsp3) is 0.450. The van der Waals surface area contributed by atoms with Gasteiger partial charge in [0, 0.05) is 13.1 Å². The van der Waals surface area contributed by atoms with Crippen LogP contribution in [-0.4, -0.2) is 58.6 Å². The van der Waals surface area contributed by atoms with Gasteiger partial charge in [0.25, 0.3) is 5.91 Å². The predicted molar refractivity (Wildman–Crippen MR) is 113 cm³/mol. The molecule has 2 aliphatic rings. The van der Waals surface area contributed by atoms with Crippen molar-refractivity contribution in [1.29, 1.82) is 0 Å². The van der Waals surface area contributed by atoms with E-state index in [0.29, 0.717) is 17.6 Å². The number of hydrogen-bond donors (Lipinski definition) is 0. The van der Waals surface area contributed by atoms with Gasteiger partial charge >= 0.3 is 0 Å². The number of nitrogens with zero attached hydrogens (tertiary/aromatic N) is 4. The van der Waals surface area contributed by atoms with E-state index in [0.717, 1.165) is 47.6 Å². The molecule has 2 saturated heterocycles. The second-order valence-electron chi connectivity index (χ2n) is 7.82. The number of carbonyl (C=O) groups excluding carboxylic acids is 1. The summed E-state index contributed by atoms with van der Waals surface area (Å²) in [5.74, 6) is 0.251. The number of likely N-dealkylation sites (tertiary alicyclic amines) is 1. The highest BCUT2D eigenvalue weighted by molar-refractivity contribution is 7.91. The zero-order valence-corrected chi connectivity index (χ0v) is 17.8. The van der Waals surface area contributed by atoms with E-state index in [2.05, 4.69) is 5.10 Å². The zero-order valence-electron chi connectivity index (χ0n) is 16.2. The van der Waals surface area contributed by atoms with Crippen molar-refractivity contribution in [3.8, 4) is 10.6 Å². The Hall–Kier alpha value is -2.26. The highest BCUT2D eigenvalue weighted by Gasteiger charge is 2.33. The number of sulfone groups is 1. The normalized spacial score (nSPS) is 21.3. The summed E-state index contributed by atoms with van der Waals surface area (Å²) < 4.78 is 25.8. The lowest BCUT2D eigenvalue weighted by atomic mass is 10.1. The van der Waals surface area contributed by atoms with Crippen LogP contribution in [0.3, 0.4) is 0 Å². The van der Waals surface area contributed by atoms with Crippen molar-refractivity contribution in [3.63, 3.8) is 0 Å². The Labute approximate surface area is 173 Å². The molecular weight excluding hydrogens is 408 g/mol. The van der Waals surface area contributed by atoms with Gasteiger partial charge in [-0.15, -0.1) is 11.3 Å². The number of rotatable bonds is 3. The first-order valence-corrected chi connectivity index (χ1v) is 12.6. The molecule has 1 atom stereocenters. The van der Waals surface area contributed by atoms with Crippen molar-refractivity contribution in [2.45, 2.75) is 32.2 Å². The average molecular weight is 431 g/mol. The maximum absolute atomic E-state index is 13.3. The molecule has 0 aromatic carbocycles. The molecule has 0 radical (unpaired) electrons. The van der Waals surface area contributed by atoms with Crippen LogP contribution in [0, 0.1) is 6.92 Å². The Bertz CT molecular complexity index is 1190. The maximum Gasteiger partial charge on any atom is 0.254 e. The van der Waals surface area contributed by atoms with Gasteiger partial charge in [-0.1, -0.05) is 6.07 Å². The summed E-state index contributed by atoms with van der Waals surface area (Å²) in [5, 5.41) is 7.38. The third-order valence-corrected chi connectivity index (χ3v) is 8.43. The van der Waals surface area contributed by atoms with Crippen LogP contribution in [-0.2, 0) is 9.84 Å². The number of amides is 1. The number of hydrogen-bond acceptors (Lipinski definition) is 6. The smallest absolute Gasteiger partial charge is 0.254 e. The van der Waals surface area contributed by atoms with Crippen LogP contribution in [0.15, 0.2) is 23.6 Å². The quantitative estimate of drug-likeness (QED) is 0.638. The zero-order chi connectivity index (χ0) is 20.2. The minimum Gasteiger partial charge on any atom is -0.339 e. The molecule has 3 aromatic rings. The Morgan fingerprint density at radius 1 is 1.28 bits per heavy atom. The molecule has 3 aromatic heterocycles. The van der Waals surface area contributed by atoms with Crippen LogP contribution in [0.2, 0.25) is 0 Å². The molecule has 1 unspecified atom stereocenters. The fourth-order valence-corrected chi connectivity index (χ4v) is 6.72. The van der Waals surface area contributed by atoms with Crippen molar-refractivity contribution in [2.75, 3.05) is 24.6 Å². The first kappa shape index (κ1) is 18.7. The van der Waals surface area contributed by atoms with Crippen molar-refractivity contribution in [2.24, 2.45) is 0 Å². The van der Waals surface area contributed by atoms with Gasteiger partial charge in [-0.2, -0.15) is 5.10 Å². The first-order chi connectivity index (χ1) is 13.9. The van der Waals surface area contributed by atoms with Gasteiger partial charge in [0.15, 0.2) is 15.5 Å². The summed E-state index contributed by atoms with van der Waals surface area (Å²) in [4.78, 5) is 21.1. The lowest BCUT2D eigenvalue weighted by Crippen LogP contribution is -2.28. The van der Waals surface area contributed by atoms with E-state index in [4.69, 9.17) is 4.98 Å². The van der Waals surface area contributed by atoms with Gasteiger partial charge in [-0.3, -0.25) is 4.79 Å². The molecule has 0 N–H and O–H groups in total. The number of fused-ring (bicyclic) bond motifs is 1. The summed E-state index contributed by atoms with van der Waals surface area (Å²) in [6.07, 6.45) is 2.57. The van der Waals surface area contributed by atoms with E-state index in [1.54, 1.807) is 16.0 Å². The fourth-order valence-electron chi connectivity index (χ4n) is 4.35. The average Bonchev–Trinajstić information content (AvgIpc) is 3.48. The Kier molecular flexibility index (Phi) is 4.47. The van der Waals surface area contributed by atoms with Crippen LogP contribution in [0.4, 0.5) is 0 Å². The van der Waals surface area contributed by atoms with Gasteiger partial charge in [-0.05, 0) is 43.7 Å². The minimum atomic E-state index is -3.06. The molecule has 1 amide bonds. The van der Waals surface area contributed by atoms with Crippen LogP contribution in [0.25, 0.3) is 21.6 Å². The molecule has 5 heterocycles. The SMILES string of the molecule is Cc1nn(C2CCS(=O)(=O)C2)c2nc(-c3cccs3)cc(C(=O)N3CCCC3)c12. The van der Waals surface area contributed by atoms with Crippen molar-refractivity contribution < 1.29 is 13.2 Å². The van der Waals surface area contributed by atoms with E-state index in [9.17, 15) is 13.2 Å². The third-order valence-electron chi connectivity index (χ3n) is 5.79. The van der Waals surface area contributed by atoms with Crippen molar-refractivity contribution in [3.05, 3.63) is 34.8 Å². The van der Waals surface area contributed by atoms with Crippen LogP contribution in [0.5, 0.6) is 0 Å². The highest BCUT2D eigenvalue weighted by atomic mass is 32.2. The van der Waals surface area contributed by atoms with E-state index in [-0.39, 0.29) is 23.5 Å². The van der Waals surface area contributed by atoms with Gasteiger partial charge < -0.3 is 4.90 Å². The molecule has 2 fully saturated rings. The molecule has 7 nitrogen and oxygen atoms in total. The maximum atomic E-state index is 13.3. The molecule has 29 heavy (non-hydrogen) atoms. The van der Waals surface area contributed by atoms with Crippen LogP contribution < -0.4 is 0 Å². The standard InChI is InChI=1S/C20H22N4O3S2/c1-13-18-15(20(25)23-7-2-3-8-23)11-16(17-5-4-9-28-17)21-19(18)24(22-13)14-6-10-29(26,27)12-14/h4-5,9,11,14H,2-3,6-8,10,12H2,1H3. The van der Waals surface area contributed by atoms with Gasteiger partial charge in [0.2, 0.25) is 0 Å². The second kappa shape index (κ2) is 6.91. The lowest BCUT2D eigenvalue weighted by molar-refractivity contribution is 0.0794. The largest absolute Gasteiger partial charge is 0.339 e. The molecule has 5 rings (SSSR count). The summed E-state index contributed by atoms with van der Waals surface area (Å²) in [5.41, 5.74) is 2.68. The molecule has 9 heteroatoms. The molecule has 2 aliphatic heterocycles. The number of aromatic nitrogens is 3. The van der Waals surface area contributed by atoms with E-state index >= 15 is 0 Å². The van der Waals surface area contributed by atoms with Gasteiger partial charge in [0.1, 0.15) is 0 Å². The van der Waals surface area contributed by atoms with Crippen LogP contribution >= 0.6 is 11.3 Å². The number of aryl methyl sites for hydroxylation is 1. The third kappa shape index (κ3) is 3.26. The number of pyridine rings is 1. The minimum absolute atomic E-state index is 0.00870. The Morgan fingerprint density at radius 3 is 2.72 bits per heavy atom. The molecule has 0 saturated carbocycles.